The summed E-state index contributed by atoms with van der Waals surface area (Å²) in [7, 11) is -4.15. The Bertz CT molecular complexity index is 439. The van der Waals surface area contributed by atoms with Crippen molar-refractivity contribution in [3.8, 4) is 0 Å². The Kier molecular flexibility index (Phi) is 3.16. The summed E-state index contributed by atoms with van der Waals surface area (Å²) in [5, 5.41) is 0. The fraction of sp³-hybridized carbons (Fsp3) is 0.143. The first-order valence-electron chi connectivity index (χ1n) is 3.25. The Hall–Kier alpha value is 0.0900. The molecule has 0 aliphatic rings. The van der Waals surface area contributed by atoms with Crippen molar-refractivity contribution < 1.29 is 13.0 Å². The van der Waals surface area contributed by atoms with E-state index in [0.717, 1.165) is 5.56 Å². The minimum atomic E-state index is -4.15. The molecule has 1 rings (SSSR count). The average molecular weight is 330 g/mol. The molecule has 0 radical (unpaired) electrons. The van der Waals surface area contributed by atoms with E-state index in [9.17, 15) is 8.42 Å². The second-order valence-corrected chi connectivity index (χ2v) is 5.61. The van der Waals surface area contributed by atoms with Crippen molar-refractivity contribution >= 4 is 42.0 Å². The molecule has 3 nitrogen and oxygen atoms in total. The van der Waals surface area contributed by atoms with Crippen LogP contribution in [-0.2, 0) is 10.1 Å². The van der Waals surface area contributed by atoms with Crippen LogP contribution in [0, 0.1) is 6.92 Å². The van der Waals surface area contributed by atoms with Crippen molar-refractivity contribution in [2.75, 3.05) is 0 Å². The largest absolute Gasteiger partial charge is 0.295 e. The van der Waals surface area contributed by atoms with Gasteiger partial charge >= 0.3 is 0 Å². The number of hydrogen-bond acceptors (Lipinski definition) is 2. The van der Waals surface area contributed by atoms with Crippen LogP contribution < -0.4 is 0 Å². The van der Waals surface area contributed by atoms with E-state index in [1.165, 1.54) is 6.07 Å². The summed E-state index contributed by atoms with van der Waals surface area (Å²) in [5.41, 5.74) is 0.888. The summed E-state index contributed by atoms with van der Waals surface area (Å²) in [6.07, 6.45) is 0. The highest BCUT2D eigenvalue weighted by atomic mass is 79.9. The quantitative estimate of drug-likeness (QED) is 0.806. The lowest BCUT2D eigenvalue weighted by Crippen LogP contribution is -1.99. The zero-order valence-electron chi connectivity index (χ0n) is 6.58. The highest BCUT2D eigenvalue weighted by Gasteiger charge is 2.15. The van der Waals surface area contributed by atoms with Gasteiger partial charge in [0.25, 0.3) is 10.1 Å². The Morgan fingerprint density at radius 1 is 1.23 bits per heavy atom. The van der Waals surface area contributed by atoms with Gasteiger partial charge in [-0.2, -0.15) is 8.42 Å². The van der Waals surface area contributed by atoms with Crippen LogP contribution in [0.25, 0.3) is 0 Å². The van der Waals surface area contributed by atoms with Gasteiger partial charge in [0.2, 0.25) is 0 Å². The molecule has 0 unspecified atom stereocenters. The van der Waals surface area contributed by atoms with Crippen LogP contribution in [0.2, 0.25) is 0 Å². The molecule has 1 N–H and O–H groups in total. The standard InChI is InChI=1S/C7H6Br2O3S/c1-4-2-6(9)7(3-5(4)8)13(10,11)12/h2-3H,1H3,(H,10,11,12). The topological polar surface area (TPSA) is 54.4 Å². The Morgan fingerprint density at radius 3 is 2.23 bits per heavy atom. The van der Waals surface area contributed by atoms with Gasteiger partial charge in [-0.25, -0.2) is 0 Å². The molecule has 0 aromatic heterocycles. The van der Waals surface area contributed by atoms with Gasteiger partial charge in [-0.3, -0.25) is 4.55 Å². The molecule has 0 heterocycles. The monoisotopic (exact) mass is 328 g/mol. The fourth-order valence-electron chi connectivity index (χ4n) is 0.826. The molecule has 0 amide bonds. The lowest BCUT2D eigenvalue weighted by atomic mass is 10.2. The third-order valence-corrected chi connectivity index (χ3v) is 4.16. The number of benzene rings is 1. The first-order chi connectivity index (χ1) is 5.82. The minimum Gasteiger partial charge on any atom is -0.282 e. The highest BCUT2D eigenvalue weighted by molar-refractivity contribution is 9.11. The van der Waals surface area contributed by atoms with E-state index < -0.39 is 10.1 Å². The van der Waals surface area contributed by atoms with E-state index in [4.69, 9.17) is 4.55 Å². The van der Waals surface area contributed by atoms with Crippen LogP contribution >= 0.6 is 31.9 Å². The van der Waals surface area contributed by atoms with Gasteiger partial charge in [0, 0.05) is 8.95 Å². The average Bonchev–Trinajstić information content (AvgIpc) is 1.94. The molecule has 6 heteroatoms. The molecule has 0 spiro atoms. The second-order valence-electron chi connectivity index (χ2n) is 2.51. The van der Waals surface area contributed by atoms with E-state index in [0.29, 0.717) is 8.95 Å². The lowest BCUT2D eigenvalue weighted by Gasteiger charge is -2.04. The van der Waals surface area contributed by atoms with Crippen molar-refractivity contribution in [3.05, 3.63) is 26.6 Å². The van der Waals surface area contributed by atoms with Crippen LogP contribution in [0.3, 0.4) is 0 Å². The van der Waals surface area contributed by atoms with E-state index in [1.807, 2.05) is 6.92 Å². The zero-order valence-corrected chi connectivity index (χ0v) is 10.6. The molecule has 13 heavy (non-hydrogen) atoms. The minimum absolute atomic E-state index is 0.134. The molecule has 72 valence electrons. The normalized spacial score (nSPS) is 11.7. The number of hydrogen-bond donors (Lipinski definition) is 1. The van der Waals surface area contributed by atoms with Crippen molar-refractivity contribution in [3.63, 3.8) is 0 Å². The Morgan fingerprint density at radius 2 is 1.77 bits per heavy atom. The van der Waals surface area contributed by atoms with Gasteiger partial charge in [-0.15, -0.1) is 0 Å². The molecule has 0 saturated heterocycles. The Labute approximate surface area is 93.2 Å². The maximum atomic E-state index is 10.8. The molecule has 1 aromatic rings. The molecule has 0 aliphatic carbocycles. The molecular weight excluding hydrogens is 324 g/mol. The Balaban J connectivity index is 3.50. The lowest BCUT2D eigenvalue weighted by molar-refractivity contribution is 0.482. The summed E-state index contributed by atoms with van der Waals surface area (Å²) >= 11 is 6.23. The van der Waals surface area contributed by atoms with Gasteiger partial charge in [0.1, 0.15) is 4.90 Å². The van der Waals surface area contributed by atoms with Crippen molar-refractivity contribution in [2.45, 2.75) is 11.8 Å². The van der Waals surface area contributed by atoms with E-state index in [-0.39, 0.29) is 4.90 Å². The summed E-state index contributed by atoms with van der Waals surface area (Å²) < 4.78 is 31.4. The van der Waals surface area contributed by atoms with Crippen LogP contribution in [0.1, 0.15) is 5.56 Å². The molecule has 0 saturated carbocycles. The summed E-state index contributed by atoms with van der Waals surface area (Å²) in [6.45, 7) is 1.82. The first-order valence-corrected chi connectivity index (χ1v) is 6.28. The van der Waals surface area contributed by atoms with Crippen LogP contribution in [-0.4, -0.2) is 13.0 Å². The van der Waals surface area contributed by atoms with Gasteiger partial charge in [0.15, 0.2) is 0 Å². The molecule has 1 aromatic carbocycles. The molecule has 0 atom stereocenters. The zero-order chi connectivity index (χ0) is 10.2. The smallest absolute Gasteiger partial charge is 0.282 e. The van der Waals surface area contributed by atoms with E-state index in [2.05, 4.69) is 31.9 Å². The third kappa shape index (κ3) is 2.52. The fourth-order valence-corrected chi connectivity index (χ4v) is 2.96. The van der Waals surface area contributed by atoms with Crippen molar-refractivity contribution in [1.82, 2.24) is 0 Å². The highest BCUT2D eigenvalue weighted by Crippen LogP contribution is 2.28. The number of rotatable bonds is 1. The maximum Gasteiger partial charge on any atom is 0.295 e. The molecular formula is C7H6Br2O3S. The third-order valence-electron chi connectivity index (χ3n) is 1.49. The molecule has 0 bridgehead atoms. The van der Waals surface area contributed by atoms with E-state index >= 15 is 0 Å². The summed E-state index contributed by atoms with van der Waals surface area (Å²) in [6, 6.07) is 2.97. The second kappa shape index (κ2) is 3.68. The van der Waals surface area contributed by atoms with Crippen LogP contribution in [0.5, 0.6) is 0 Å². The first kappa shape index (κ1) is 11.2. The van der Waals surface area contributed by atoms with Crippen LogP contribution in [0.4, 0.5) is 0 Å². The SMILES string of the molecule is Cc1cc(Br)c(S(=O)(=O)O)cc1Br. The summed E-state index contributed by atoms with van der Waals surface area (Å²) in [5.74, 6) is 0. The van der Waals surface area contributed by atoms with Gasteiger partial charge in [-0.05, 0) is 40.5 Å². The summed E-state index contributed by atoms with van der Waals surface area (Å²) in [4.78, 5) is -0.134. The number of halogens is 2. The molecule has 0 fully saturated rings. The number of aryl methyl sites for hydroxylation is 1. The predicted molar refractivity (Wildman–Crippen MR) is 56.4 cm³/mol. The van der Waals surface area contributed by atoms with Crippen molar-refractivity contribution in [1.29, 1.82) is 0 Å². The van der Waals surface area contributed by atoms with Crippen LogP contribution in [0.15, 0.2) is 26.0 Å². The maximum absolute atomic E-state index is 10.8. The van der Waals surface area contributed by atoms with E-state index in [1.54, 1.807) is 6.07 Å². The molecule has 0 aliphatic heterocycles. The van der Waals surface area contributed by atoms with Gasteiger partial charge in [0.05, 0.1) is 0 Å². The van der Waals surface area contributed by atoms with Crippen molar-refractivity contribution in [2.24, 2.45) is 0 Å². The predicted octanol–water partition coefficient (Wildman–Crippen LogP) is 2.77. The van der Waals surface area contributed by atoms with Gasteiger partial charge < -0.3 is 0 Å². The van der Waals surface area contributed by atoms with Gasteiger partial charge in [-0.1, -0.05) is 15.9 Å².